The minimum absolute atomic E-state index is 0.247. The molecule has 0 spiro atoms. The summed E-state index contributed by atoms with van der Waals surface area (Å²) in [6, 6.07) is 15.3. The Hall–Kier alpha value is -2.20. The first-order chi connectivity index (χ1) is 9.33. The smallest absolute Gasteiger partial charge is 0.231 e. The lowest BCUT2D eigenvalue weighted by atomic mass is 10.1. The van der Waals surface area contributed by atoms with E-state index >= 15 is 0 Å². The van der Waals surface area contributed by atoms with Crippen LogP contribution in [0, 0.1) is 0 Å². The van der Waals surface area contributed by atoms with Crippen molar-refractivity contribution in [2.45, 2.75) is 6.10 Å². The quantitative estimate of drug-likeness (QED) is 0.883. The van der Waals surface area contributed by atoms with Crippen LogP contribution in [0.4, 0.5) is 5.69 Å². The SMILES string of the molecule is OC(CNc1ccccc1)c1ccc2c(c1)OCO2. The molecule has 0 aromatic heterocycles. The normalized spacial score (nSPS) is 14.2. The molecule has 0 aliphatic carbocycles. The molecule has 0 saturated carbocycles. The van der Waals surface area contributed by atoms with E-state index in [1.165, 1.54) is 0 Å². The molecule has 1 heterocycles. The fourth-order valence-corrected chi connectivity index (χ4v) is 2.01. The fraction of sp³-hybridized carbons (Fsp3) is 0.200. The van der Waals surface area contributed by atoms with Gasteiger partial charge in [-0.2, -0.15) is 0 Å². The molecular weight excluding hydrogens is 242 g/mol. The predicted molar refractivity (Wildman–Crippen MR) is 72.5 cm³/mol. The van der Waals surface area contributed by atoms with E-state index in [2.05, 4.69) is 5.32 Å². The van der Waals surface area contributed by atoms with Crippen LogP contribution in [-0.4, -0.2) is 18.4 Å². The van der Waals surface area contributed by atoms with Crippen LogP contribution in [-0.2, 0) is 0 Å². The van der Waals surface area contributed by atoms with Crippen molar-refractivity contribution in [1.29, 1.82) is 0 Å². The molecule has 4 heteroatoms. The Morgan fingerprint density at radius 3 is 2.68 bits per heavy atom. The van der Waals surface area contributed by atoms with Crippen LogP contribution >= 0.6 is 0 Å². The number of fused-ring (bicyclic) bond motifs is 1. The van der Waals surface area contributed by atoms with Crippen LogP contribution in [0.2, 0.25) is 0 Å². The highest BCUT2D eigenvalue weighted by molar-refractivity contribution is 5.46. The molecule has 2 N–H and O–H groups in total. The van der Waals surface area contributed by atoms with Crippen molar-refractivity contribution in [3.8, 4) is 11.5 Å². The Labute approximate surface area is 111 Å². The zero-order valence-electron chi connectivity index (χ0n) is 10.4. The molecule has 0 radical (unpaired) electrons. The van der Waals surface area contributed by atoms with Crippen LogP contribution in [0.5, 0.6) is 11.5 Å². The number of hydrogen-bond acceptors (Lipinski definition) is 4. The van der Waals surface area contributed by atoms with E-state index in [0.29, 0.717) is 12.3 Å². The fourth-order valence-electron chi connectivity index (χ4n) is 2.01. The van der Waals surface area contributed by atoms with Gasteiger partial charge in [-0.3, -0.25) is 0 Å². The summed E-state index contributed by atoms with van der Waals surface area (Å²) >= 11 is 0. The second-order valence-electron chi connectivity index (χ2n) is 4.38. The van der Waals surface area contributed by atoms with Gasteiger partial charge in [0.15, 0.2) is 11.5 Å². The molecule has 0 amide bonds. The third-order valence-electron chi connectivity index (χ3n) is 3.05. The molecule has 1 aliphatic heterocycles. The lowest BCUT2D eigenvalue weighted by Crippen LogP contribution is -2.11. The van der Waals surface area contributed by atoms with E-state index in [1.807, 2.05) is 48.5 Å². The van der Waals surface area contributed by atoms with Gasteiger partial charge in [-0.25, -0.2) is 0 Å². The van der Waals surface area contributed by atoms with E-state index in [9.17, 15) is 5.11 Å². The van der Waals surface area contributed by atoms with Crippen molar-refractivity contribution in [2.24, 2.45) is 0 Å². The van der Waals surface area contributed by atoms with E-state index in [4.69, 9.17) is 9.47 Å². The highest BCUT2D eigenvalue weighted by atomic mass is 16.7. The highest BCUT2D eigenvalue weighted by Crippen LogP contribution is 2.34. The molecule has 1 aliphatic rings. The lowest BCUT2D eigenvalue weighted by molar-refractivity contribution is 0.173. The molecular formula is C15H15NO3. The van der Waals surface area contributed by atoms with Gasteiger partial charge in [0.1, 0.15) is 0 Å². The van der Waals surface area contributed by atoms with Gasteiger partial charge in [0.25, 0.3) is 0 Å². The van der Waals surface area contributed by atoms with Crippen LogP contribution in [0.3, 0.4) is 0 Å². The second-order valence-corrected chi connectivity index (χ2v) is 4.38. The number of benzene rings is 2. The van der Waals surface area contributed by atoms with Gasteiger partial charge in [-0.15, -0.1) is 0 Å². The van der Waals surface area contributed by atoms with Crippen molar-refractivity contribution >= 4 is 5.69 Å². The number of ether oxygens (including phenoxy) is 2. The number of anilines is 1. The molecule has 0 fully saturated rings. The van der Waals surface area contributed by atoms with E-state index in [1.54, 1.807) is 0 Å². The predicted octanol–water partition coefficient (Wildman–Crippen LogP) is 2.56. The largest absolute Gasteiger partial charge is 0.454 e. The number of hydrogen-bond donors (Lipinski definition) is 2. The van der Waals surface area contributed by atoms with Crippen molar-refractivity contribution in [3.63, 3.8) is 0 Å². The van der Waals surface area contributed by atoms with Gasteiger partial charge >= 0.3 is 0 Å². The number of aliphatic hydroxyl groups excluding tert-OH is 1. The van der Waals surface area contributed by atoms with E-state index in [0.717, 1.165) is 17.0 Å². The number of para-hydroxylation sites is 1. The maximum absolute atomic E-state index is 10.2. The summed E-state index contributed by atoms with van der Waals surface area (Å²) in [6.45, 7) is 0.695. The van der Waals surface area contributed by atoms with Crippen molar-refractivity contribution in [3.05, 3.63) is 54.1 Å². The van der Waals surface area contributed by atoms with Gasteiger partial charge in [0.05, 0.1) is 6.10 Å². The summed E-state index contributed by atoms with van der Waals surface area (Å²) in [5.74, 6) is 1.42. The molecule has 2 aromatic carbocycles. The van der Waals surface area contributed by atoms with Crippen molar-refractivity contribution < 1.29 is 14.6 Å². The zero-order chi connectivity index (χ0) is 13.1. The van der Waals surface area contributed by atoms with Crippen LogP contribution in [0.15, 0.2) is 48.5 Å². The molecule has 0 bridgehead atoms. The monoisotopic (exact) mass is 257 g/mol. The van der Waals surface area contributed by atoms with E-state index in [-0.39, 0.29) is 6.79 Å². The summed E-state index contributed by atoms with van der Waals surface area (Å²) in [6.07, 6.45) is -0.588. The average Bonchev–Trinajstić information content (AvgIpc) is 2.93. The second kappa shape index (κ2) is 5.20. The molecule has 2 aromatic rings. The number of rotatable bonds is 4. The van der Waals surface area contributed by atoms with Crippen molar-refractivity contribution in [2.75, 3.05) is 18.7 Å². The number of aliphatic hydroxyl groups is 1. The van der Waals surface area contributed by atoms with Crippen LogP contribution < -0.4 is 14.8 Å². The minimum atomic E-state index is -0.588. The highest BCUT2D eigenvalue weighted by Gasteiger charge is 2.16. The van der Waals surface area contributed by atoms with Gasteiger partial charge < -0.3 is 19.9 Å². The molecule has 1 unspecified atom stereocenters. The Bertz CT molecular complexity index is 557. The van der Waals surface area contributed by atoms with Gasteiger partial charge in [0.2, 0.25) is 6.79 Å². The molecule has 19 heavy (non-hydrogen) atoms. The topological polar surface area (TPSA) is 50.7 Å². The third kappa shape index (κ3) is 2.63. The molecule has 1 atom stereocenters. The summed E-state index contributed by atoms with van der Waals surface area (Å²) < 4.78 is 10.5. The van der Waals surface area contributed by atoms with Crippen LogP contribution in [0.1, 0.15) is 11.7 Å². The Kier molecular flexibility index (Phi) is 3.25. The summed E-state index contributed by atoms with van der Waals surface area (Å²) in [5.41, 5.74) is 1.80. The Balaban J connectivity index is 1.65. The first-order valence-corrected chi connectivity index (χ1v) is 6.19. The molecule has 0 saturated heterocycles. The number of nitrogens with one attached hydrogen (secondary N) is 1. The van der Waals surface area contributed by atoms with Gasteiger partial charge in [-0.1, -0.05) is 24.3 Å². The molecule has 4 nitrogen and oxygen atoms in total. The summed E-state index contributed by atoms with van der Waals surface area (Å²) in [5, 5.41) is 13.3. The zero-order valence-corrected chi connectivity index (χ0v) is 10.4. The van der Waals surface area contributed by atoms with E-state index < -0.39 is 6.10 Å². The molecule has 3 rings (SSSR count). The standard InChI is InChI=1S/C15H15NO3/c17-13(9-16-12-4-2-1-3-5-12)11-6-7-14-15(8-11)19-10-18-14/h1-8,13,16-17H,9-10H2. The van der Waals surface area contributed by atoms with Crippen LogP contribution in [0.25, 0.3) is 0 Å². The maximum atomic E-state index is 10.2. The summed E-state index contributed by atoms with van der Waals surface area (Å²) in [4.78, 5) is 0. The lowest BCUT2D eigenvalue weighted by Gasteiger charge is -2.13. The van der Waals surface area contributed by atoms with Gasteiger partial charge in [-0.05, 0) is 29.8 Å². The maximum Gasteiger partial charge on any atom is 0.231 e. The first kappa shape index (κ1) is 11.9. The van der Waals surface area contributed by atoms with Gasteiger partial charge in [0, 0.05) is 12.2 Å². The minimum Gasteiger partial charge on any atom is -0.454 e. The Morgan fingerprint density at radius 2 is 1.84 bits per heavy atom. The van der Waals surface area contributed by atoms with Crippen molar-refractivity contribution in [1.82, 2.24) is 0 Å². The Morgan fingerprint density at radius 1 is 1.05 bits per heavy atom. The first-order valence-electron chi connectivity index (χ1n) is 6.19. The molecule has 98 valence electrons. The average molecular weight is 257 g/mol. The third-order valence-corrected chi connectivity index (χ3v) is 3.05. The summed E-state index contributed by atoms with van der Waals surface area (Å²) in [7, 11) is 0.